The molecule has 7 nitrogen and oxygen atoms in total. The number of alkyl halides is 1. The van der Waals surface area contributed by atoms with Crippen molar-refractivity contribution in [2.24, 2.45) is 0 Å². The van der Waals surface area contributed by atoms with Crippen molar-refractivity contribution in [1.29, 1.82) is 10.5 Å². The molecule has 9 heteroatoms. The minimum Gasteiger partial charge on any atom is -0.444 e. The van der Waals surface area contributed by atoms with Crippen molar-refractivity contribution in [3.63, 3.8) is 0 Å². The third kappa shape index (κ3) is 6.86. The van der Waals surface area contributed by atoms with Crippen LogP contribution < -0.4 is 5.32 Å². The van der Waals surface area contributed by atoms with Gasteiger partial charge in [0, 0.05) is 16.9 Å². The molecule has 1 aromatic rings. The van der Waals surface area contributed by atoms with Crippen LogP contribution >= 0.6 is 11.8 Å². The molecule has 0 unspecified atom stereocenters. The topological polar surface area (TPSA) is 106 Å². The normalized spacial score (nSPS) is 19.6. The number of hydrogen-bond acceptors (Lipinski definition) is 6. The number of hydrogen-bond donors (Lipinski definition) is 1. The number of carbonyl (C=O) groups excluding carboxylic acids is 2. The Bertz CT molecular complexity index is 915. The van der Waals surface area contributed by atoms with Crippen LogP contribution in [0.15, 0.2) is 24.3 Å². The van der Waals surface area contributed by atoms with Gasteiger partial charge in [0.05, 0.1) is 24.2 Å². The lowest BCUT2D eigenvalue weighted by atomic mass is 10.0. The highest BCUT2D eigenvalue weighted by molar-refractivity contribution is 7.99. The Morgan fingerprint density at radius 3 is 2.41 bits per heavy atom. The molecule has 1 saturated heterocycles. The Kier molecular flexibility index (Phi) is 8.14. The third-order valence-corrected chi connectivity index (χ3v) is 6.44. The Hall–Kier alpha value is -2.78. The SMILES string of the molecule is CC(C)(C)OC(=O)N[C@H](C(=O)N1C[C@@H](F)C[C@H]1C#N)C(C)(C)SCc1ccc(C#N)cc1. The van der Waals surface area contributed by atoms with Crippen molar-refractivity contribution in [3.05, 3.63) is 35.4 Å². The lowest BCUT2D eigenvalue weighted by molar-refractivity contribution is -0.134. The number of alkyl carbamates (subject to hydrolysis) is 1. The van der Waals surface area contributed by atoms with Crippen molar-refractivity contribution in [3.8, 4) is 12.1 Å². The summed E-state index contributed by atoms with van der Waals surface area (Å²) in [4.78, 5) is 27.1. The summed E-state index contributed by atoms with van der Waals surface area (Å²) in [7, 11) is 0. The van der Waals surface area contributed by atoms with Crippen LogP contribution in [0, 0.1) is 22.7 Å². The standard InChI is InChI=1S/C23H29FN4O3S/c1-22(2,3)31-21(30)27-19(20(29)28-13-17(24)10-18(28)12-26)23(4,5)32-14-16-8-6-15(11-25)7-9-16/h6-9,17-19H,10,13-14H2,1-5H3,(H,27,30)/t17-,18-,19+/m0/s1. The number of nitrogens with one attached hydrogen (secondary N) is 1. The monoisotopic (exact) mass is 460 g/mol. The Morgan fingerprint density at radius 1 is 1.25 bits per heavy atom. The zero-order valence-electron chi connectivity index (χ0n) is 19.0. The highest BCUT2D eigenvalue weighted by Gasteiger charge is 2.45. The molecule has 0 bridgehead atoms. The van der Waals surface area contributed by atoms with Gasteiger partial charge < -0.3 is 15.0 Å². The number of amides is 2. The van der Waals surface area contributed by atoms with Crippen LogP contribution in [0.1, 0.15) is 52.2 Å². The summed E-state index contributed by atoms with van der Waals surface area (Å²) in [6.45, 7) is 8.59. The summed E-state index contributed by atoms with van der Waals surface area (Å²) < 4.78 is 18.5. The molecule has 1 aromatic carbocycles. The maximum Gasteiger partial charge on any atom is 0.408 e. The van der Waals surface area contributed by atoms with Crippen molar-refractivity contribution in [2.75, 3.05) is 6.54 Å². The van der Waals surface area contributed by atoms with E-state index in [9.17, 15) is 19.2 Å². The number of likely N-dealkylation sites (tertiary alicyclic amines) is 1. The molecule has 0 spiro atoms. The zero-order chi connectivity index (χ0) is 24.1. The molecular formula is C23H29FN4O3S. The van der Waals surface area contributed by atoms with Gasteiger partial charge in [-0.1, -0.05) is 12.1 Å². The number of nitrogens with zero attached hydrogens (tertiary/aromatic N) is 3. The van der Waals surface area contributed by atoms with Crippen LogP contribution in [0.2, 0.25) is 0 Å². The first-order chi connectivity index (χ1) is 14.9. The molecule has 1 N–H and O–H groups in total. The summed E-state index contributed by atoms with van der Waals surface area (Å²) in [5, 5.41) is 21.0. The lowest BCUT2D eigenvalue weighted by Gasteiger charge is -2.36. The molecule has 32 heavy (non-hydrogen) atoms. The Balaban J connectivity index is 2.24. The van der Waals surface area contributed by atoms with E-state index >= 15 is 0 Å². The quantitative estimate of drug-likeness (QED) is 0.689. The maximum absolute atomic E-state index is 14.0. The number of ether oxygens (including phenoxy) is 1. The molecule has 0 aliphatic carbocycles. The molecule has 0 aromatic heterocycles. The van der Waals surface area contributed by atoms with Crippen LogP contribution in [0.5, 0.6) is 0 Å². The van der Waals surface area contributed by atoms with Gasteiger partial charge in [-0.3, -0.25) is 4.79 Å². The highest BCUT2D eigenvalue weighted by atomic mass is 32.2. The Labute approximate surface area is 192 Å². The van der Waals surface area contributed by atoms with Gasteiger partial charge in [0.25, 0.3) is 0 Å². The molecule has 172 valence electrons. The van der Waals surface area contributed by atoms with Gasteiger partial charge >= 0.3 is 6.09 Å². The second-order valence-electron chi connectivity index (χ2n) is 9.25. The number of halogens is 1. The minimum atomic E-state index is -1.28. The largest absolute Gasteiger partial charge is 0.444 e. The van der Waals surface area contributed by atoms with Crippen LogP contribution in [0.25, 0.3) is 0 Å². The molecule has 3 atom stereocenters. The van der Waals surface area contributed by atoms with Gasteiger partial charge in [0.1, 0.15) is 23.9 Å². The van der Waals surface area contributed by atoms with Crippen LogP contribution in [-0.4, -0.2) is 52.0 Å². The van der Waals surface area contributed by atoms with Gasteiger partial charge in [-0.15, -0.1) is 11.8 Å². The number of benzene rings is 1. The fourth-order valence-corrected chi connectivity index (χ4v) is 4.36. The van der Waals surface area contributed by atoms with E-state index < -0.39 is 40.6 Å². The van der Waals surface area contributed by atoms with E-state index in [0.29, 0.717) is 11.3 Å². The third-order valence-electron chi connectivity index (χ3n) is 4.98. The molecule has 0 saturated carbocycles. The van der Waals surface area contributed by atoms with E-state index in [-0.39, 0.29) is 13.0 Å². The van der Waals surface area contributed by atoms with Crippen molar-refractivity contribution in [1.82, 2.24) is 10.2 Å². The molecule has 1 aliphatic rings. The molecular weight excluding hydrogens is 431 g/mol. The fourth-order valence-electron chi connectivity index (χ4n) is 3.30. The smallest absolute Gasteiger partial charge is 0.408 e. The summed E-state index contributed by atoms with van der Waals surface area (Å²) in [5.74, 6) is 0.00575. The molecule has 2 amide bonds. The van der Waals surface area contributed by atoms with Gasteiger partial charge in [-0.05, 0) is 52.3 Å². The number of thioether (sulfide) groups is 1. The maximum atomic E-state index is 14.0. The first-order valence-electron chi connectivity index (χ1n) is 10.3. The molecule has 0 radical (unpaired) electrons. The first kappa shape index (κ1) is 25.5. The van der Waals surface area contributed by atoms with Gasteiger partial charge in [-0.2, -0.15) is 10.5 Å². The molecule has 1 heterocycles. The van der Waals surface area contributed by atoms with Gasteiger partial charge in [0.15, 0.2) is 0 Å². The lowest BCUT2D eigenvalue weighted by Crippen LogP contribution is -2.58. The molecule has 1 fully saturated rings. The number of carbonyl (C=O) groups is 2. The minimum absolute atomic E-state index is 0.0415. The van der Waals surface area contributed by atoms with E-state index in [1.54, 1.807) is 32.9 Å². The summed E-state index contributed by atoms with van der Waals surface area (Å²) >= 11 is 1.43. The van der Waals surface area contributed by atoms with Crippen molar-refractivity contribution < 1.29 is 18.7 Å². The second-order valence-corrected chi connectivity index (χ2v) is 10.9. The summed E-state index contributed by atoms with van der Waals surface area (Å²) in [6.07, 6.45) is -2.08. The number of rotatable bonds is 6. The van der Waals surface area contributed by atoms with Crippen LogP contribution in [0.4, 0.5) is 9.18 Å². The van der Waals surface area contributed by atoms with E-state index in [0.717, 1.165) is 5.56 Å². The predicted molar refractivity (Wildman–Crippen MR) is 120 cm³/mol. The Morgan fingerprint density at radius 2 is 1.88 bits per heavy atom. The fraction of sp³-hybridized carbons (Fsp3) is 0.565. The van der Waals surface area contributed by atoms with Gasteiger partial charge in [-0.25, -0.2) is 9.18 Å². The number of nitriles is 2. The van der Waals surface area contributed by atoms with E-state index in [1.807, 2.05) is 32.0 Å². The molecule has 1 aliphatic heterocycles. The van der Waals surface area contributed by atoms with Gasteiger partial charge in [0.2, 0.25) is 5.91 Å². The highest BCUT2D eigenvalue weighted by Crippen LogP contribution is 2.34. The molecule has 2 rings (SSSR count). The average Bonchev–Trinajstić information content (AvgIpc) is 3.10. The first-order valence-corrected chi connectivity index (χ1v) is 11.3. The van der Waals surface area contributed by atoms with Crippen LogP contribution in [-0.2, 0) is 15.3 Å². The summed E-state index contributed by atoms with van der Waals surface area (Å²) in [6, 6.07) is 9.23. The summed E-state index contributed by atoms with van der Waals surface area (Å²) in [5.41, 5.74) is 0.741. The van der Waals surface area contributed by atoms with Crippen molar-refractivity contribution in [2.45, 2.75) is 75.4 Å². The average molecular weight is 461 g/mol. The van der Waals surface area contributed by atoms with E-state index in [1.165, 1.54) is 16.7 Å². The predicted octanol–water partition coefficient (Wildman–Crippen LogP) is 3.93. The van der Waals surface area contributed by atoms with E-state index in [4.69, 9.17) is 10.00 Å². The van der Waals surface area contributed by atoms with Crippen molar-refractivity contribution >= 4 is 23.8 Å². The van der Waals surface area contributed by atoms with E-state index in [2.05, 4.69) is 11.4 Å². The van der Waals surface area contributed by atoms with Crippen LogP contribution in [0.3, 0.4) is 0 Å². The second kappa shape index (κ2) is 10.2. The zero-order valence-corrected chi connectivity index (χ0v) is 19.8.